The molecule has 3 aliphatic heterocycles. The molecule has 670 valence electrons. The third-order valence-electron chi connectivity index (χ3n) is 26.9. The Labute approximate surface area is 814 Å². The summed E-state index contributed by atoms with van der Waals surface area (Å²) in [5.74, 6) is 3.81. The van der Waals surface area contributed by atoms with E-state index in [-0.39, 0.29) is 61.4 Å². The highest BCUT2D eigenvalue weighted by Gasteiger charge is 2.51. The molecule has 2 nitrogen and oxygen atoms in total. The Morgan fingerprint density at radius 3 is 0.846 bits per heavy atom. The summed E-state index contributed by atoms with van der Waals surface area (Å²) < 4.78 is 12.4. The Morgan fingerprint density at radius 2 is 0.449 bits per heavy atom. The highest BCUT2D eigenvalue weighted by molar-refractivity contribution is 7.22. The van der Waals surface area contributed by atoms with Gasteiger partial charge in [0.1, 0.15) is 23.0 Å². The molecule has 0 saturated heterocycles. The first-order chi connectivity index (χ1) is 65.3. The SMILES string of the molecule is C.CC(C)(C)c1cccc2c1[Si](c1ccccc1)(c1ccccc1)c1ccccc1-2.CC(C)(C)c1ccccc1-c1ccccc1B(c1ccccc1)c1ccccc1.CC(C)(C)c1ccccc1-c1ccccc1B1c2ccccc2Oc2ccccc21.CC(C)(C)c1ccccc1B(c1ccccc1)c1ccccc1.CC(C)(C)c1ccccc1B1c2ccccc2Oc2ccccc21. The third-order valence-corrected chi connectivity index (χ3v) is 31.9. The summed E-state index contributed by atoms with van der Waals surface area (Å²) in [5, 5.41) is 6.03. The highest BCUT2D eigenvalue weighted by Crippen LogP contribution is 2.38. The Hall–Kier alpha value is -14.0. The van der Waals surface area contributed by atoms with Crippen molar-refractivity contribution in [2.45, 2.75) is 138 Å². The van der Waals surface area contributed by atoms with Crippen LogP contribution in [0, 0.1) is 0 Å². The summed E-state index contributed by atoms with van der Waals surface area (Å²) >= 11 is 0. The van der Waals surface area contributed by atoms with Crippen LogP contribution in [-0.4, -0.2) is 34.9 Å². The van der Waals surface area contributed by atoms with Gasteiger partial charge < -0.3 is 9.47 Å². The lowest BCUT2D eigenvalue weighted by Gasteiger charge is -2.35. The predicted molar refractivity (Wildman–Crippen MR) is 596 cm³/mol. The molecular formula is C129H126B4O2Si. The molecule has 18 aromatic rings. The van der Waals surface area contributed by atoms with Crippen LogP contribution in [0.3, 0.4) is 0 Å². The lowest BCUT2D eigenvalue weighted by Crippen LogP contribution is -2.73. The van der Waals surface area contributed by atoms with Crippen LogP contribution in [0.5, 0.6) is 23.0 Å². The van der Waals surface area contributed by atoms with Crippen molar-refractivity contribution in [3.05, 3.63) is 495 Å². The van der Waals surface area contributed by atoms with Crippen LogP contribution in [0.15, 0.2) is 467 Å². The van der Waals surface area contributed by atoms with E-state index in [1.54, 1.807) is 5.19 Å². The maximum absolute atomic E-state index is 6.25. The minimum atomic E-state index is -2.38. The molecular weight excluding hydrogens is 1650 g/mol. The lowest BCUT2D eigenvalue weighted by molar-refractivity contribution is 0.487. The van der Waals surface area contributed by atoms with Gasteiger partial charge in [0, 0.05) is 0 Å². The number of fused-ring (bicyclic) bond motifs is 7. The van der Waals surface area contributed by atoms with E-state index in [4.69, 9.17) is 9.47 Å². The molecule has 18 aromatic carbocycles. The van der Waals surface area contributed by atoms with Crippen molar-refractivity contribution < 1.29 is 9.47 Å². The first kappa shape index (κ1) is 95.2. The van der Waals surface area contributed by atoms with Gasteiger partial charge in [0.05, 0.1) is 0 Å². The van der Waals surface area contributed by atoms with Crippen LogP contribution < -0.4 is 95.8 Å². The van der Waals surface area contributed by atoms with E-state index >= 15 is 0 Å². The number of hydrogen-bond donors (Lipinski definition) is 0. The Bertz CT molecular complexity index is 6880. The van der Waals surface area contributed by atoms with Gasteiger partial charge in [-0.3, -0.25) is 0 Å². The average Bonchev–Trinajstić information content (AvgIpc) is 1.52. The van der Waals surface area contributed by atoms with Crippen LogP contribution in [0.4, 0.5) is 0 Å². The number of benzene rings is 18. The summed E-state index contributed by atoms with van der Waals surface area (Å²) in [6.07, 6.45) is 0. The molecule has 0 fully saturated rings. The van der Waals surface area contributed by atoms with Gasteiger partial charge in [-0.05, 0) is 155 Å². The summed E-state index contributed by atoms with van der Waals surface area (Å²) in [6, 6.07) is 169. The fourth-order valence-electron chi connectivity index (χ4n) is 20.9. The van der Waals surface area contributed by atoms with Crippen LogP contribution in [0.25, 0.3) is 33.4 Å². The van der Waals surface area contributed by atoms with Gasteiger partial charge in [0.15, 0.2) is 8.07 Å². The summed E-state index contributed by atoms with van der Waals surface area (Å²) in [5.41, 5.74) is 31.2. The minimum Gasteiger partial charge on any atom is -0.458 e. The molecule has 7 heteroatoms. The van der Waals surface area contributed by atoms with E-state index in [0.29, 0.717) is 0 Å². The smallest absolute Gasteiger partial charge is 0.251 e. The van der Waals surface area contributed by atoms with Gasteiger partial charge in [0.2, 0.25) is 13.4 Å². The van der Waals surface area contributed by atoms with Gasteiger partial charge in [-0.25, -0.2) is 0 Å². The lowest BCUT2D eigenvalue weighted by atomic mass is 9.34. The zero-order valence-electron chi connectivity index (χ0n) is 81.1. The quantitative estimate of drug-likeness (QED) is 0.114. The molecule has 136 heavy (non-hydrogen) atoms. The molecule has 0 aliphatic carbocycles. The second-order valence-corrected chi connectivity index (χ2v) is 44.9. The first-order valence-corrected chi connectivity index (χ1v) is 50.1. The Kier molecular flexibility index (Phi) is 28.8. The summed E-state index contributed by atoms with van der Waals surface area (Å²) in [7, 11) is -2.38. The number of para-hydroxylation sites is 4. The Balaban J connectivity index is 0.000000124. The van der Waals surface area contributed by atoms with Crippen LogP contribution >= 0.6 is 0 Å². The normalized spacial score (nSPS) is 12.5. The fourth-order valence-corrected chi connectivity index (χ4v) is 26.5. The number of ether oxygens (including phenoxy) is 2. The van der Waals surface area contributed by atoms with Crippen molar-refractivity contribution in [1.29, 1.82) is 0 Å². The van der Waals surface area contributed by atoms with E-state index in [9.17, 15) is 0 Å². The molecule has 0 unspecified atom stereocenters. The first-order valence-electron chi connectivity index (χ1n) is 48.1. The molecule has 0 bridgehead atoms. The molecule has 0 atom stereocenters. The van der Waals surface area contributed by atoms with E-state index < -0.39 is 8.07 Å². The third kappa shape index (κ3) is 20.1. The van der Waals surface area contributed by atoms with Crippen molar-refractivity contribution in [2.75, 3.05) is 0 Å². The van der Waals surface area contributed by atoms with Gasteiger partial charge in [-0.2, -0.15) is 0 Å². The fraction of sp³-hybridized carbons (Fsp3) is 0.163. The monoisotopic (exact) mass is 1780 g/mol. The second kappa shape index (κ2) is 41.1. The second-order valence-electron chi connectivity index (χ2n) is 41.2. The van der Waals surface area contributed by atoms with E-state index in [1.165, 1.54) is 142 Å². The van der Waals surface area contributed by atoms with Crippen molar-refractivity contribution in [1.82, 2.24) is 0 Å². The zero-order valence-corrected chi connectivity index (χ0v) is 82.1. The van der Waals surface area contributed by atoms with Crippen molar-refractivity contribution >= 4 is 121 Å². The number of hydrogen-bond acceptors (Lipinski definition) is 2. The van der Waals surface area contributed by atoms with Crippen LogP contribution in [0.1, 0.15) is 139 Å². The minimum absolute atomic E-state index is 0. The molecule has 0 amide bonds. The molecule has 3 aliphatic rings. The van der Waals surface area contributed by atoms with Crippen LogP contribution in [-0.2, 0) is 27.1 Å². The van der Waals surface area contributed by atoms with Gasteiger partial charge in [-0.15, -0.1) is 0 Å². The number of rotatable bonds is 12. The highest BCUT2D eigenvalue weighted by atomic mass is 28.3. The Morgan fingerprint density at radius 1 is 0.191 bits per heavy atom. The van der Waals surface area contributed by atoms with Gasteiger partial charge in [-0.1, -0.05) is 598 Å². The van der Waals surface area contributed by atoms with Crippen molar-refractivity contribution in [3.63, 3.8) is 0 Å². The maximum Gasteiger partial charge on any atom is 0.251 e. The average molecular weight is 1780 g/mol. The summed E-state index contributed by atoms with van der Waals surface area (Å²) in [4.78, 5) is 0. The zero-order chi connectivity index (χ0) is 94.1. The maximum atomic E-state index is 6.25. The molecule has 3 heterocycles. The molecule has 21 rings (SSSR count). The van der Waals surface area contributed by atoms with E-state index in [2.05, 4.69) is 547 Å². The topological polar surface area (TPSA) is 18.5 Å². The predicted octanol–water partition coefficient (Wildman–Crippen LogP) is 22.5. The summed E-state index contributed by atoms with van der Waals surface area (Å²) in [6.45, 7) is 35.3. The standard InChI is InChI=1S/C28H25BO.C28H27B.C28H26Si.C22H21BO.C22H23B.CH4/c1-28(2,3)22-14-6-4-12-20(22)21-13-5-7-15-23(21)29-24-16-8-10-18-26(24)30-27-19-11-9-17-25(27)29;1-28(2,3)26-20-12-10-18-24(26)25-19-11-13-21-27(25)29(22-14-6-4-7-15-22)23-16-8-5-9-17-23;1-28(2,3)25-19-12-18-24-23-17-10-11-20-26(23)29(27(24)25,21-13-6-4-7-14-21)22-15-8-5-9-16-22;1-22(2,3)16-10-4-5-11-17(16)23-18-12-6-8-14-20(18)24-21-15-9-7-13-19(21)23;1-22(2,3)20-16-10-11-17-21(20)23(18-12-6-4-7-13-18)19-14-8-5-9-15-19;/h4-19H,1-3H3;4-21H,1-3H3;4-20H,1-3H3;4-15H,1-3H3;4-17H,1-3H3;1H4. The van der Waals surface area contributed by atoms with Crippen LogP contribution in [0.2, 0.25) is 0 Å². The largest absolute Gasteiger partial charge is 0.458 e. The molecule has 0 N–H and O–H groups in total. The molecule has 0 aromatic heterocycles. The molecule has 0 radical (unpaired) electrons. The van der Waals surface area contributed by atoms with E-state index in [1.807, 2.05) is 24.3 Å². The molecule has 0 saturated carbocycles. The van der Waals surface area contributed by atoms with E-state index in [0.717, 1.165) is 23.0 Å². The van der Waals surface area contributed by atoms with Gasteiger partial charge in [0.25, 0.3) is 13.4 Å². The molecule has 0 spiro atoms. The van der Waals surface area contributed by atoms with Gasteiger partial charge >= 0.3 is 0 Å². The van der Waals surface area contributed by atoms with Crippen molar-refractivity contribution in [2.24, 2.45) is 0 Å². The van der Waals surface area contributed by atoms with Crippen molar-refractivity contribution in [3.8, 4) is 56.4 Å².